The van der Waals surface area contributed by atoms with Crippen LogP contribution in [0, 0.1) is 0 Å². The number of hydrogen-bond donors (Lipinski definition) is 2. The average molecular weight is 131 g/mol. The molecular formula is C6H13NO2. The van der Waals surface area contributed by atoms with Gasteiger partial charge in [0.05, 0.1) is 18.2 Å². The largest absolute Gasteiger partial charge is 0.388 e. The van der Waals surface area contributed by atoms with Crippen molar-refractivity contribution >= 4 is 0 Å². The van der Waals surface area contributed by atoms with Crippen molar-refractivity contribution in [2.75, 3.05) is 13.2 Å². The lowest BCUT2D eigenvalue weighted by Crippen LogP contribution is -2.52. The summed E-state index contributed by atoms with van der Waals surface area (Å²) >= 11 is 0. The maximum atomic E-state index is 9.44. The van der Waals surface area contributed by atoms with Crippen LogP contribution in [0.5, 0.6) is 0 Å². The number of rotatable bonds is 0. The molecule has 0 bridgehead atoms. The molecule has 0 aromatic carbocycles. The molecule has 1 rings (SSSR count). The molecule has 2 unspecified atom stereocenters. The first-order valence-electron chi connectivity index (χ1n) is 3.18. The smallest absolute Gasteiger partial charge is 0.0814 e. The van der Waals surface area contributed by atoms with Crippen molar-refractivity contribution in [2.24, 2.45) is 5.73 Å². The molecule has 1 aliphatic heterocycles. The molecule has 0 spiro atoms. The second-order valence-corrected chi connectivity index (χ2v) is 2.79. The molecule has 0 amide bonds. The predicted molar refractivity (Wildman–Crippen MR) is 34.0 cm³/mol. The Morgan fingerprint density at radius 2 is 2.44 bits per heavy atom. The number of nitrogens with two attached hydrogens (primary N) is 1. The van der Waals surface area contributed by atoms with E-state index in [1.54, 1.807) is 6.92 Å². The van der Waals surface area contributed by atoms with Gasteiger partial charge in [0.25, 0.3) is 0 Å². The van der Waals surface area contributed by atoms with Gasteiger partial charge < -0.3 is 15.6 Å². The Balaban J connectivity index is 2.49. The highest BCUT2D eigenvalue weighted by Gasteiger charge is 2.31. The van der Waals surface area contributed by atoms with Crippen molar-refractivity contribution < 1.29 is 9.84 Å². The van der Waals surface area contributed by atoms with Crippen molar-refractivity contribution in [3.8, 4) is 0 Å². The van der Waals surface area contributed by atoms with E-state index >= 15 is 0 Å². The molecule has 1 saturated heterocycles. The van der Waals surface area contributed by atoms with Gasteiger partial charge in [0.15, 0.2) is 0 Å². The van der Waals surface area contributed by atoms with Crippen LogP contribution in [0.2, 0.25) is 0 Å². The lowest BCUT2D eigenvalue weighted by atomic mass is 9.93. The zero-order valence-electron chi connectivity index (χ0n) is 5.63. The molecule has 0 aliphatic carbocycles. The van der Waals surface area contributed by atoms with Gasteiger partial charge >= 0.3 is 0 Å². The third kappa shape index (κ3) is 1.41. The van der Waals surface area contributed by atoms with Crippen LogP contribution in [0.1, 0.15) is 13.3 Å². The lowest BCUT2D eigenvalue weighted by Gasteiger charge is -2.34. The fraction of sp³-hybridized carbons (Fsp3) is 1.00. The van der Waals surface area contributed by atoms with Gasteiger partial charge in [-0.15, -0.1) is 0 Å². The summed E-state index contributed by atoms with van der Waals surface area (Å²) in [5.41, 5.74) is 4.83. The zero-order chi connectivity index (χ0) is 6.91. The van der Waals surface area contributed by atoms with E-state index in [2.05, 4.69) is 0 Å². The van der Waals surface area contributed by atoms with Crippen molar-refractivity contribution in [3.63, 3.8) is 0 Å². The molecule has 0 radical (unpaired) electrons. The average Bonchev–Trinajstić information content (AvgIpc) is 1.77. The van der Waals surface area contributed by atoms with Crippen molar-refractivity contribution in [2.45, 2.75) is 25.0 Å². The maximum absolute atomic E-state index is 9.44. The number of aliphatic hydroxyl groups is 1. The van der Waals surface area contributed by atoms with Gasteiger partial charge in [0.1, 0.15) is 0 Å². The summed E-state index contributed by atoms with van der Waals surface area (Å²) in [6.45, 7) is 2.86. The Morgan fingerprint density at radius 1 is 1.78 bits per heavy atom. The predicted octanol–water partition coefficient (Wildman–Crippen LogP) is -0.515. The fourth-order valence-corrected chi connectivity index (χ4v) is 0.854. The van der Waals surface area contributed by atoms with E-state index in [1.807, 2.05) is 0 Å². The highest BCUT2D eigenvalue weighted by atomic mass is 16.5. The van der Waals surface area contributed by atoms with E-state index in [0.29, 0.717) is 19.6 Å². The van der Waals surface area contributed by atoms with E-state index in [1.165, 1.54) is 0 Å². The van der Waals surface area contributed by atoms with Gasteiger partial charge in [0.2, 0.25) is 0 Å². The molecule has 0 aromatic heterocycles. The monoisotopic (exact) mass is 131 g/mol. The standard InChI is InChI=1S/C6H13NO2/c1-6(8)2-3-9-4-5(6)7/h5,8H,2-4,7H2,1H3. The van der Waals surface area contributed by atoms with E-state index < -0.39 is 5.60 Å². The van der Waals surface area contributed by atoms with Crippen LogP contribution in [0.25, 0.3) is 0 Å². The second-order valence-electron chi connectivity index (χ2n) is 2.79. The number of hydrogen-bond acceptors (Lipinski definition) is 3. The van der Waals surface area contributed by atoms with Crippen molar-refractivity contribution in [1.29, 1.82) is 0 Å². The van der Waals surface area contributed by atoms with Crippen LogP contribution in [0.3, 0.4) is 0 Å². The highest BCUT2D eigenvalue weighted by Crippen LogP contribution is 2.17. The second kappa shape index (κ2) is 2.25. The molecule has 3 heteroatoms. The van der Waals surface area contributed by atoms with Crippen LogP contribution < -0.4 is 5.73 Å². The molecule has 3 N–H and O–H groups in total. The van der Waals surface area contributed by atoms with E-state index in [9.17, 15) is 5.11 Å². The minimum atomic E-state index is -0.710. The first kappa shape index (κ1) is 6.99. The Hall–Kier alpha value is -0.120. The summed E-state index contributed by atoms with van der Waals surface area (Å²) in [6, 6.07) is -0.216. The van der Waals surface area contributed by atoms with Crippen LogP contribution in [0.4, 0.5) is 0 Å². The van der Waals surface area contributed by atoms with Gasteiger partial charge in [-0.3, -0.25) is 0 Å². The van der Waals surface area contributed by atoms with Gasteiger partial charge in [-0.25, -0.2) is 0 Å². The normalized spacial score (nSPS) is 45.0. The van der Waals surface area contributed by atoms with Gasteiger partial charge in [0, 0.05) is 13.0 Å². The van der Waals surface area contributed by atoms with Crippen LogP contribution in [0.15, 0.2) is 0 Å². The molecule has 9 heavy (non-hydrogen) atoms. The molecular weight excluding hydrogens is 118 g/mol. The summed E-state index contributed by atoms with van der Waals surface area (Å²) < 4.78 is 5.03. The molecule has 2 atom stereocenters. The van der Waals surface area contributed by atoms with Gasteiger partial charge in [-0.05, 0) is 6.92 Å². The van der Waals surface area contributed by atoms with Crippen LogP contribution in [-0.4, -0.2) is 30.0 Å². The molecule has 54 valence electrons. The van der Waals surface area contributed by atoms with E-state index in [0.717, 1.165) is 0 Å². The summed E-state index contributed by atoms with van der Waals surface area (Å²) in [6.07, 6.45) is 0.647. The summed E-state index contributed by atoms with van der Waals surface area (Å²) in [4.78, 5) is 0. The lowest BCUT2D eigenvalue weighted by molar-refractivity contribution is -0.0678. The highest BCUT2D eigenvalue weighted by molar-refractivity contribution is 4.87. The quantitative estimate of drug-likeness (QED) is 0.465. The van der Waals surface area contributed by atoms with E-state index in [-0.39, 0.29) is 6.04 Å². The third-order valence-corrected chi connectivity index (χ3v) is 1.85. The first-order chi connectivity index (χ1) is 4.13. The van der Waals surface area contributed by atoms with Crippen LogP contribution >= 0.6 is 0 Å². The Kier molecular flexibility index (Phi) is 1.75. The Bertz CT molecular complexity index is 103. The topological polar surface area (TPSA) is 55.5 Å². The summed E-state index contributed by atoms with van der Waals surface area (Å²) in [7, 11) is 0. The minimum Gasteiger partial charge on any atom is -0.388 e. The zero-order valence-corrected chi connectivity index (χ0v) is 5.63. The molecule has 0 aromatic rings. The van der Waals surface area contributed by atoms with Crippen molar-refractivity contribution in [1.82, 2.24) is 0 Å². The maximum Gasteiger partial charge on any atom is 0.0814 e. The molecule has 0 saturated carbocycles. The van der Waals surface area contributed by atoms with Gasteiger partial charge in [-0.1, -0.05) is 0 Å². The van der Waals surface area contributed by atoms with Crippen LogP contribution in [-0.2, 0) is 4.74 Å². The summed E-state index contributed by atoms with van der Waals surface area (Å²) in [5.74, 6) is 0. The first-order valence-corrected chi connectivity index (χ1v) is 3.18. The fourth-order valence-electron chi connectivity index (χ4n) is 0.854. The van der Waals surface area contributed by atoms with E-state index in [4.69, 9.17) is 10.5 Å². The molecule has 3 nitrogen and oxygen atoms in total. The Labute approximate surface area is 54.8 Å². The Morgan fingerprint density at radius 3 is 2.78 bits per heavy atom. The van der Waals surface area contributed by atoms with Crippen molar-refractivity contribution in [3.05, 3.63) is 0 Å². The SMILES string of the molecule is CC1(O)CCOCC1N. The molecule has 1 heterocycles. The third-order valence-electron chi connectivity index (χ3n) is 1.85. The molecule has 1 fully saturated rings. The summed E-state index contributed by atoms with van der Waals surface area (Å²) in [5, 5.41) is 9.44. The number of ether oxygens (including phenoxy) is 1. The molecule has 1 aliphatic rings. The van der Waals surface area contributed by atoms with Gasteiger partial charge in [-0.2, -0.15) is 0 Å². The minimum absolute atomic E-state index is 0.216.